The zero-order valence-electron chi connectivity index (χ0n) is 12.7. The Morgan fingerprint density at radius 3 is 2.14 bits per heavy atom. The van der Waals surface area contributed by atoms with Crippen molar-refractivity contribution in [2.75, 3.05) is 13.1 Å². The first-order chi connectivity index (χ1) is 10.8. The lowest BCUT2D eigenvalue weighted by atomic mass is 10.0. The Morgan fingerprint density at radius 1 is 0.818 bits per heavy atom. The predicted molar refractivity (Wildman–Crippen MR) is 90.8 cm³/mol. The van der Waals surface area contributed by atoms with Crippen molar-refractivity contribution in [1.82, 2.24) is 4.90 Å². The van der Waals surface area contributed by atoms with Crippen molar-refractivity contribution in [3.05, 3.63) is 72.4 Å². The Balaban J connectivity index is 1.67. The molecular weight excluding hydrogens is 270 g/mol. The lowest BCUT2D eigenvalue weighted by Gasteiger charge is -2.24. The van der Waals surface area contributed by atoms with Gasteiger partial charge in [-0.05, 0) is 30.4 Å². The van der Waals surface area contributed by atoms with E-state index in [1.165, 1.54) is 24.8 Å². The maximum atomic E-state index is 12.2. The van der Waals surface area contributed by atoms with Gasteiger partial charge in [0, 0.05) is 30.9 Å². The van der Waals surface area contributed by atoms with Crippen molar-refractivity contribution in [2.24, 2.45) is 0 Å². The van der Waals surface area contributed by atoms with E-state index in [1.54, 1.807) is 6.08 Å². The molecule has 0 N–H and O–H groups in total. The van der Waals surface area contributed by atoms with Gasteiger partial charge >= 0.3 is 0 Å². The fourth-order valence-corrected chi connectivity index (χ4v) is 2.79. The number of carbonyl (C=O) groups excluding carboxylic acids is 1. The number of allylic oxidation sites excluding steroid dienone is 1. The van der Waals surface area contributed by atoms with Crippen LogP contribution in [0.5, 0.6) is 0 Å². The second-order valence-electron chi connectivity index (χ2n) is 5.72. The maximum Gasteiger partial charge on any atom is 0.187 e. The van der Waals surface area contributed by atoms with Gasteiger partial charge in [-0.1, -0.05) is 54.6 Å². The molecule has 0 saturated carbocycles. The molecule has 0 radical (unpaired) electrons. The largest absolute Gasteiger partial charge is 0.377 e. The van der Waals surface area contributed by atoms with Crippen LogP contribution in [0.4, 0.5) is 0 Å². The molecule has 1 fully saturated rings. The van der Waals surface area contributed by atoms with Crippen molar-refractivity contribution in [3.8, 4) is 11.1 Å². The number of piperidine rings is 1. The Hall–Kier alpha value is -2.35. The number of ketones is 1. The molecule has 0 atom stereocenters. The summed E-state index contributed by atoms with van der Waals surface area (Å²) >= 11 is 0. The molecule has 0 unspecified atom stereocenters. The van der Waals surface area contributed by atoms with Crippen LogP contribution >= 0.6 is 0 Å². The molecule has 112 valence electrons. The molecule has 0 aliphatic carbocycles. The molecule has 1 aliphatic heterocycles. The first kappa shape index (κ1) is 14.6. The van der Waals surface area contributed by atoms with Gasteiger partial charge in [-0.25, -0.2) is 0 Å². The molecule has 22 heavy (non-hydrogen) atoms. The van der Waals surface area contributed by atoms with Crippen LogP contribution in [0.3, 0.4) is 0 Å². The molecular formula is C20H21NO. The summed E-state index contributed by atoms with van der Waals surface area (Å²) in [5, 5.41) is 0. The molecule has 2 nitrogen and oxygen atoms in total. The number of nitrogens with zero attached hydrogens (tertiary/aromatic N) is 1. The average Bonchev–Trinajstić information content (AvgIpc) is 2.61. The van der Waals surface area contributed by atoms with Crippen LogP contribution in [0.1, 0.15) is 29.6 Å². The minimum absolute atomic E-state index is 0.0742. The summed E-state index contributed by atoms with van der Waals surface area (Å²) in [6.07, 6.45) is 7.41. The van der Waals surface area contributed by atoms with Crippen LogP contribution in [-0.2, 0) is 0 Å². The number of likely N-dealkylation sites (tertiary alicyclic amines) is 1. The first-order valence-electron chi connectivity index (χ1n) is 7.95. The second-order valence-corrected chi connectivity index (χ2v) is 5.72. The highest BCUT2D eigenvalue weighted by atomic mass is 16.1. The van der Waals surface area contributed by atoms with Crippen LogP contribution < -0.4 is 0 Å². The summed E-state index contributed by atoms with van der Waals surface area (Å²) in [5.74, 6) is 0.0742. The first-order valence-corrected chi connectivity index (χ1v) is 7.95. The van der Waals surface area contributed by atoms with Crippen LogP contribution in [-0.4, -0.2) is 23.8 Å². The Labute approximate surface area is 132 Å². The summed E-state index contributed by atoms with van der Waals surface area (Å²) in [7, 11) is 0. The average molecular weight is 291 g/mol. The van der Waals surface area contributed by atoms with E-state index in [0.717, 1.165) is 24.2 Å². The Bertz CT molecular complexity index is 637. The highest BCUT2D eigenvalue weighted by Gasteiger charge is 2.07. The predicted octanol–water partition coefficient (Wildman–Crippen LogP) is 4.54. The van der Waals surface area contributed by atoms with Gasteiger partial charge in [0.05, 0.1) is 0 Å². The normalized spacial score (nSPS) is 15.2. The van der Waals surface area contributed by atoms with Gasteiger partial charge in [-0.3, -0.25) is 4.79 Å². The third-order valence-electron chi connectivity index (χ3n) is 4.10. The quantitative estimate of drug-likeness (QED) is 0.609. The number of hydrogen-bond donors (Lipinski definition) is 0. The lowest BCUT2D eigenvalue weighted by molar-refractivity contribution is 0.104. The molecule has 0 amide bonds. The van der Waals surface area contributed by atoms with Crippen molar-refractivity contribution in [2.45, 2.75) is 19.3 Å². The minimum atomic E-state index is 0.0742. The summed E-state index contributed by atoms with van der Waals surface area (Å²) in [5.41, 5.74) is 3.05. The SMILES string of the molecule is O=C(C=CN1CCCCC1)c1ccc(-c2ccccc2)cc1. The summed E-state index contributed by atoms with van der Waals surface area (Å²) in [6, 6.07) is 18.0. The molecule has 3 rings (SSSR count). The number of benzene rings is 2. The molecule has 2 heteroatoms. The van der Waals surface area contributed by atoms with Gasteiger partial charge in [0.25, 0.3) is 0 Å². The molecule has 1 aliphatic rings. The molecule has 1 heterocycles. The lowest BCUT2D eigenvalue weighted by Crippen LogP contribution is -2.24. The third kappa shape index (κ3) is 3.64. The highest BCUT2D eigenvalue weighted by Crippen LogP contribution is 2.19. The van der Waals surface area contributed by atoms with E-state index in [9.17, 15) is 4.79 Å². The molecule has 0 spiro atoms. The van der Waals surface area contributed by atoms with E-state index in [2.05, 4.69) is 17.0 Å². The van der Waals surface area contributed by atoms with Gasteiger partial charge in [0.1, 0.15) is 0 Å². The standard InChI is InChI=1S/C20H21NO/c22-20(13-16-21-14-5-2-6-15-21)19-11-9-18(10-12-19)17-7-3-1-4-8-17/h1,3-4,7-13,16H,2,5-6,14-15H2. The molecule has 2 aromatic rings. The van der Waals surface area contributed by atoms with E-state index in [-0.39, 0.29) is 5.78 Å². The van der Waals surface area contributed by atoms with Crippen LogP contribution in [0.25, 0.3) is 11.1 Å². The van der Waals surface area contributed by atoms with Crippen LogP contribution in [0.2, 0.25) is 0 Å². The summed E-state index contributed by atoms with van der Waals surface area (Å²) in [4.78, 5) is 14.5. The molecule has 0 aromatic heterocycles. The number of rotatable bonds is 4. The van der Waals surface area contributed by atoms with Crippen LogP contribution in [0.15, 0.2) is 66.9 Å². The molecule has 0 bridgehead atoms. The summed E-state index contributed by atoms with van der Waals surface area (Å²) in [6.45, 7) is 2.13. The number of carbonyl (C=O) groups is 1. The molecule has 1 saturated heterocycles. The fourth-order valence-electron chi connectivity index (χ4n) is 2.79. The fraction of sp³-hybridized carbons (Fsp3) is 0.250. The Morgan fingerprint density at radius 2 is 1.45 bits per heavy atom. The van der Waals surface area contributed by atoms with Gasteiger partial charge in [0.2, 0.25) is 0 Å². The van der Waals surface area contributed by atoms with Gasteiger partial charge < -0.3 is 4.90 Å². The van der Waals surface area contributed by atoms with Gasteiger partial charge in [0.15, 0.2) is 5.78 Å². The van der Waals surface area contributed by atoms with Gasteiger partial charge in [-0.2, -0.15) is 0 Å². The maximum absolute atomic E-state index is 12.2. The second kappa shape index (κ2) is 7.08. The highest BCUT2D eigenvalue weighted by molar-refractivity contribution is 6.04. The van der Waals surface area contributed by atoms with Crippen molar-refractivity contribution in [3.63, 3.8) is 0 Å². The van der Waals surface area contributed by atoms with E-state index >= 15 is 0 Å². The van der Waals surface area contributed by atoms with E-state index < -0.39 is 0 Å². The third-order valence-corrected chi connectivity index (χ3v) is 4.10. The Kier molecular flexibility index (Phi) is 4.69. The van der Waals surface area contributed by atoms with Crippen molar-refractivity contribution in [1.29, 1.82) is 0 Å². The minimum Gasteiger partial charge on any atom is -0.377 e. The van der Waals surface area contributed by atoms with Crippen LogP contribution in [0, 0.1) is 0 Å². The van der Waals surface area contributed by atoms with Gasteiger partial charge in [-0.15, -0.1) is 0 Å². The van der Waals surface area contributed by atoms with E-state index in [1.807, 2.05) is 48.7 Å². The number of hydrogen-bond acceptors (Lipinski definition) is 2. The zero-order valence-corrected chi connectivity index (χ0v) is 12.7. The molecule has 2 aromatic carbocycles. The monoisotopic (exact) mass is 291 g/mol. The van der Waals surface area contributed by atoms with E-state index in [4.69, 9.17) is 0 Å². The van der Waals surface area contributed by atoms with Crippen molar-refractivity contribution < 1.29 is 4.79 Å². The van der Waals surface area contributed by atoms with Crippen molar-refractivity contribution >= 4 is 5.78 Å². The van der Waals surface area contributed by atoms with E-state index in [0.29, 0.717) is 0 Å². The smallest absolute Gasteiger partial charge is 0.187 e. The topological polar surface area (TPSA) is 20.3 Å². The summed E-state index contributed by atoms with van der Waals surface area (Å²) < 4.78 is 0. The zero-order chi connectivity index (χ0) is 15.2.